The summed E-state index contributed by atoms with van der Waals surface area (Å²) in [7, 11) is 0. The van der Waals surface area contributed by atoms with Gasteiger partial charge in [-0.15, -0.1) is 0 Å². The van der Waals surface area contributed by atoms with E-state index in [0.717, 1.165) is 10.9 Å². The number of hydrogen-bond acceptors (Lipinski definition) is 2. The van der Waals surface area contributed by atoms with Crippen LogP contribution in [0, 0.1) is 5.82 Å². The molecule has 1 aromatic heterocycles. The zero-order valence-electron chi connectivity index (χ0n) is 11.0. The van der Waals surface area contributed by atoms with Gasteiger partial charge in [0.15, 0.2) is 5.78 Å². The van der Waals surface area contributed by atoms with Gasteiger partial charge < -0.3 is 0 Å². The average Bonchev–Trinajstić information content (AvgIpc) is 2.49. The first-order valence-corrected chi connectivity index (χ1v) is 6.84. The highest BCUT2D eigenvalue weighted by atomic mass is 35.5. The molecule has 3 aromatic rings. The number of hydrogen-bond donors (Lipinski definition) is 0. The molecule has 0 spiro atoms. The van der Waals surface area contributed by atoms with Crippen LogP contribution < -0.4 is 0 Å². The number of carbonyl (C=O) groups is 1. The number of aromatic nitrogens is 1. The van der Waals surface area contributed by atoms with Gasteiger partial charge in [0.05, 0.1) is 5.52 Å². The lowest BCUT2D eigenvalue weighted by atomic mass is 9.99. The van der Waals surface area contributed by atoms with E-state index in [1.807, 2.05) is 12.1 Å². The number of pyridine rings is 1. The molecular weight excluding hydrogens is 289 g/mol. The number of benzene rings is 2. The van der Waals surface area contributed by atoms with E-state index in [-0.39, 0.29) is 12.2 Å². The average molecular weight is 300 g/mol. The van der Waals surface area contributed by atoms with Crippen LogP contribution in [-0.2, 0) is 6.42 Å². The molecule has 1 heterocycles. The Kier molecular flexibility index (Phi) is 3.67. The van der Waals surface area contributed by atoms with Gasteiger partial charge in [-0.2, -0.15) is 0 Å². The Morgan fingerprint density at radius 2 is 2.00 bits per heavy atom. The van der Waals surface area contributed by atoms with Gasteiger partial charge >= 0.3 is 0 Å². The van der Waals surface area contributed by atoms with E-state index < -0.39 is 5.82 Å². The summed E-state index contributed by atoms with van der Waals surface area (Å²) in [5.74, 6) is -0.607. The van der Waals surface area contributed by atoms with Crippen molar-refractivity contribution in [1.82, 2.24) is 4.98 Å². The highest BCUT2D eigenvalue weighted by Crippen LogP contribution is 2.20. The van der Waals surface area contributed by atoms with Gasteiger partial charge in [-0.05, 0) is 29.8 Å². The van der Waals surface area contributed by atoms with Gasteiger partial charge in [0, 0.05) is 28.6 Å². The van der Waals surface area contributed by atoms with E-state index in [4.69, 9.17) is 11.6 Å². The van der Waals surface area contributed by atoms with Crippen LogP contribution in [0.5, 0.6) is 0 Å². The van der Waals surface area contributed by atoms with Crippen molar-refractivity contribution in [3.05, 3.63) is 76.7 Å². The Morgan fingerprint density at radius 3 is 2.81 bits per heavy atom. The second-order valence-corrected chi connectivity index (χ2v) is 5.15. The molecule has 0 aliphatic carbocycles. The monoisotopic (exact) mass is 299 g/mol. The maximum atomic E-state index is 13.8. The topological polar surface area (TPSA) is 30.0 Å². The summed E-state index contributed by atoms with van der Waals surface area (Å²) in [6.45, 7) is 0. The first kappa shape index (κ1) is 13.7. The smallest absolute Gasteiger partial charge is 0.168 e. The summed E-state index contributed by atoms with van der Waals surface area (Å²) in [6, 6.07) is 13.3. The molecule has 2 nitrogen and oxygen atoms in total. The van der Waals surface area contributed by atoms with Crippen molar-refractivity contribution >= 4 is 28.3 Å². The first-order chi connectivity index (χ1) is 10.1. The third-order valence-corrected chi connectivity index (χ3v) is 3.55. The minimum atomic E-state index is -0.464. The van der Waals surface area contributed by atoms with Crippen LogP contribution >= 0.6 is 11.6 Å². The molecule has 0 aliphatic rings. The Morgan fingerprint density at radius 1 is 1.14 bits per heavy atom. The molecule has 0 unspecified atom stereocenters. The zero-order chi connectivity index (χ0) is 14.8. The second-order valence-electron chi connectivity index (χ2n) is 4.71. The van der Waals surface area contributed by atoms with Crippen LogP contribution in [0.15, 0.2) is 54.7 Å². The van der Waals surface area contributed by atoms with Crippen molar-refractivity contribution in [1.29, 1.82) is 0 Å². The minimum absolute atomic E-state index is 0.00297. The van der Waals surface area contributed by atoms with Crippen LogP contribution in [0.25, 0.3) is 10.9 Å². The lowest BCUT2D eigenvalue weighted by Crippen LogP contribution is -2.06. The van der Waals surface area contributed by atoms with Crippen LogP contribution in [0.3, 0.4) is 0 Å². The fourth-order valence-electron chi connectivity index (χ4n) is 2.28. The van der Waals surface area contributed by atoms with E-state index >= 15 is 0 Å². The van der Waals surface area contributed by atoms with E-state index in [9.17, 15) is 9.18 Å². The maximum Gasteiger partial charge on any atom is 0.168 e. The van der Waals surface area contributed by atoms with E-state index in [0.29, 0.717) is 16.1 Å². The largest absolute Gasteiger partial charge is 0.294 e. The molecule has 4 heteroatoms. The summed E-state index contributed by atoms with van der Waals surface area (Å²) in [6.07, 6.45) is 1.67. The molecule has 0 N–H and O–H groups in total. The molecule has 0 amide bonds. The summed E-state index contributed by atoms with van der Waals surface area (Å²) in [5.41, 5.74) is 1.64. The quantitative estimate of drug-likeness (QED) is 0.669. The predicted molar refractivity (Wildman–Crippen MR) is 81.2 cm³/mol. The van der Waals surface area contributed by atoms with Gasteiger partial charge in [0.1, 0.15) is 5.82 Å². The summed E-state index contributed by atoms with van der Waals surface area (Å²) in [5, 5.41) is 1.09. The lowest BCUT2D eigenvalue weighted by Gasteiger charge is -2.06. The number of halogens is 2. The molecule has 3 rings (SSSR count). The molecule has 0 bridgehead atoms. The van der Waals surface area contributed by atoms with Crippen LogP contribution in [0.1, 0.15) is 15.9 Å². The normalized spacial score (nSPS) is 10.8. The van der Waals surface area contributed by atoms with Gasteiger partial charge in [0.2, 0.25) is 0 Å². The SMILES string of the molecule is O=C(Cc1ccc(Cl)cc1F)c1cccc2ncccc12. The molecule has 0 radical (unpaired) electrons. The van der Waals surface area contributed by atoms with Crippen molar-refractivity contribution in [3.63, 3.8) is 0 Å². The number of fused-ring (bicyclic) bond motifs is 1. The molecule has 2 aromatic carbocycles. The van der Waals surface area contributed by atoms with Crippen molar-refractivity contribution in [2.24, 2.45) is 0 Å². The van der Waals surface area contributed by atoms with E-state index in [1.165, 1.54) is 6.07 Å². The van der Waals surface area contributed by atoms with E-state index in [1.54, 1.807) is 36.5 Å². The number of ketones is 1. The van der Waals surface area contributed by atoms with Gasteiger partial charge in [0.25, 0.3) is 0 Å². The number of Topliss-reactive ketones (excluding diaryl/α,β-unsaturated/α-hetero) is 1. The molecule has 0 saturated heterocycles. The third kappa shape index (κ3) is 2.78. The van der Waals surface area contributed by atoms with Crippen molar-refractivity contribution in [2.75, 3.05) is 0 Å². The number of carbonyl (C=O) groups excluding carboxylic acids is 1. The first-order valence-electron chi connectivity index (χ1n) is 6.46. The highest BCUT2D eigenvalue weighted by Gasteiger charge is 2.13. The molecule has 104 valence electrons. The number of rotatable bonds is 3. The van der Waals surface area contributed by atoms with Crippen molar-refractivity contribution in [3.8, 4) is 0 Å². The second kappa shape index (κ2) is 5.62. The Balaban J connectivity index is 1.97. The predicted octanol–water partition coefficient (Wildman–Crippen LogP) is 4.45. The lowest BCUT2D eigenvalue weighted by molar-refractivity contribution is 0.0993. The molecule has 0 fully saturated rings. The summed E-state index contributed by atoms with van der Waals surface area (Å²) < 4.78 is 13.8. The summed E-state index contributed by atoms with van der Waals surface area (Å²) >= 11 is 5.72. The van der Waals surface area contributed by atoms with Gasteiger partial charge in [-0.1, -0.05) is 35.9 Å². The fourth-order valence-corrected chi connectivity index (χ4v) is 2.44. The number of nitrogens with zero attached hydrogens (tertiary/aromatic N) is 1. The third-order valence-electron chi connectivity index (χ3n) is 3.31. The zero-order valence-corrected chi connectivity index (χ0v) is 11.8. The maximum absolute atomic E-state index is 13.8. The van der Waals surface area contributed by atoms with Gasteiger partial charge in [-0.3, -0.25) is 9.78 Å². The van der Waals surface area contributed by atoms with Crippen LogP contribution in [-0.4, -0.2) is 10.8 Å². The van der Waals surface area contributed by atoms with Gasteiger partial charge in [-0.25, -0.2) is 4.39 Å². The fraction of sp³-hybridized carbons (Fsp3) is 0.0588. The Bertz CT molecular complexity index is 827. The van der Waals surface area contributed by atoms with Crippen molar-refractivity contribution in [2.45, 2.75) is 6.42 Å². The summed E-state index contributed by atoms with van der Waals surface area (Å²) in [4.78, 5) is 16.7. The molecule has 0 atom stereocenters. The van der Waals surface area contributed by atoms with Crippen molar-refractivity contribution < 1.29 is 9.18 Å². The van der Waals surface area contributed by atoms with Crippen LogP contribution in [0.4, 0.5) is 4.39 Å². The Hall–Kier alpha value is -2.26. The minimum Gasteiger partial charge on any atom is -0.294 e. The highest BCUT2D eigenvalue weighted by molar-refractivity contribution is 6.30. The van der Waals surface area contributed by atoms with E-state index in [2.05, 4.69) is 4.98 Å². The molecule has 21 heavy (non-hydrogen) atoms. The standard InChI is InChI=1S/C17H11ClFNO/c18-12-7-6-11(15(19)10-12)9-17(21)14-3-1-5-16-13(14)4-2-8-20-16/h1-8,10H,9H2. The molecule has 0 aliphatic heterocycles. The van der Waals surface area contributed by atoms with Crippen LogP contribution in [0.2, 0.25) is 5.02 Å². The molecule has 0 saturated carbocycles. The molecular formula is C17H11ClFNO. The Labute approximate surface area is 126 Å².